The lowest BCUT2D eigenvalue weighted by atomic mass is 10.1. The molecule has 0 unspecified atom stereocenters. The van der Waals surface area contributed by atoms with Crippen LogP contribution in [0.1, 0.15) is 53.5 Å². The summed E-state index contributed by atoms with van der Waals surface area (Å²) < 4.78 is 21.3. The van der Waals surface area contributed by atoms with E-state index in [-0.39, 0.29) is 30.8 Å². The van der Waals surface area contributed by atoms with E-state index in [1.165, 1.54) is 10.4 Å². The zero-order chi connectivity index (χ0) is 30.1. The highest BCUT2D eigenvalue weighted by molar-refractivity contribution is 6.99. The third-order valence-corrected chi connectivity index (χ3v) is 12.9. The summed E-state index contributed by atoms with van der Waals surface area (Å²) in [6.45, 7) is 13.1. The third-order valence-electron chi connectivity index (χ3n) is 7.56. The molecule has 0 aliphatic carbocycles. The highest BCUT2D eigenvalue weighted by Gasteiger charge is 2.51. The molecule has 2 atom stereocenters. The Labute approximate surface area is 253 Å². The Morgan fingerprint density at radius 1 is 1.00 bits per heavy atom. The maximum absolute atomic E-state index is 13.7. The summed E-state index contributed by atoms with van der Waals surface area (Å²) in [5.74, 6) is 0.647. The number of hydrogen-bond donors (Lipinski definition) is 0. The van der Waals surface area contributed by atoms with Gasteiger partial charge in [-0.15, -0.1) is 0 Å². The molecule has 1 fully saturated rings. The first-order valence-electron chi connectivity index (χ1n) is 14.2. The summed E-state index contributed by atoms with van der Waals surface area (Å²) >= 11 is 6.30. The van der Waals surface area contributed by atoms with Crippen LogP contribution in [0.5, 0.6) is 0 Å². The van der Waals surface area contributed by atoms with Gasteiger partial charge in [-0.05, 0) is 36.2 Å². The van der Waals surface area contributed by atoms with Crippen molar-refractivity contribution < 1.29 is 18.7 Å². The number of imidazole rings is 1. The molecule has 1 aliphatic heterocycles. The molecule has 1 aliphatic rings. The lowest BCUT2D eigenvalue weighted by Gasteiger charge is -2.45. The summed E-state index contributed by atoms with van der Waals surface area (Å²) in [7, 11) is -2.83. The summed E-state index contributed by atoms with van der Waals surface area (Å²) in [5, 5.41) is 2.51. The Morgan fingerprint density at radius 2 is 1.62 bits per heavy atom. The molecule has 222 valence electrons. The molecule has 0 bridgehead atoms. The van der Waals surface area contributed by atoms with Crippen molar-refractivity contribution in [2.24, 2.45) is 0 Å². The van der Waals surface area contributed by atoms with Crippen LogP contribution < -0.4 is 10.4 Å². The maximum Gasteiger partial charge on any atom is 0.410 e. The molecule has 8 nitrogen and oxygen atoms in total. The minimum atomic E-state index is -2.83. The summed E-state index contributed by atoms with van der Waals surface area (Å²) in [6, 6.07) is 20.6. The zero-order valence-electron chi connectivity index (χ0n) is 25.1. The van der Waals surface area contributed by atoms with Crippen molar-refractivity contribution in [2.45, 2.75) is 64.3 Å². The summed E-state index contributed by atoms with van der Waals surface area (Å²) in [6.07, 6.45) is 4.19. The number of carbonyl (C=O) groups excluding carboxylic acids is 1. The van der Waals surface area contributed by atoms with Crippen molar-refractivity contribution >= 4 is 41.9 Å². The molecular weight excluding hydrogens is 568 g/mol. The van der Waals surface area contributed by atoms with Crippen molar-refractivity contribution in [3.05, 3.63) is 90.2 Å². The third kappa shape index (κ3) is 5.97. The van der Waals surface area contributed by atoms with E-state index in [0.717, 1.165) is 0 Å². The van der Waals surface area contributed by atoms with Gasteiger partial charge >= 0.3 is 6.09 Å². The van der Waals surface area contributed by atoms with Gasteiger partial charge in [-0.2, -0.15) is 0 Å². The number of hydrogen-bond acceptors (Lipinski definition) is 6. The van der Waals surface area contributed by atoms with Gasteiger partial charge in [0, 0.05) is 12.4 Å². The molecule has 10 heteroatoms. The fraction of sp³-hybridized carbons (Fsp3) is 0.406. The molecule has 1 amide bonds. The van der Waals surface area contributed by atoms with E-state index in [0.29, 0.717) is 16.5 Å². The standard InChI is InChI=1S/C32H39ClN4O4Si/c1-31(2,3)41-30(38)37-20-27(29-35-19-26-28(33)34-17-18-36(26)29)39-21-23(37)22-40-42(32(4,5)6,24-13-9-7-10-14-24)25-15-11-8-12-16-25/h7-19,23,27H,20-22H2,1-6H3/t23-,27-/m0/s1. The molecule has 3 heterocycles. The second kappa shape index (κ2) is 11.8. The van der Waals surface area contributed by atoms with E-state index >= 15 is 0 Å². The van der Waals surface area contributed by atoms with Crippen molar-refractivity contribution in [1.82, 2.24) is 19.3 Å². The van der Waals surface area contributed by atoms with Gasteiger partial charge in [0.25, 0.3) is 8.32 Å². The van der Waals surface area contributed by atoms with E-state index in [1.54, 1.807) is 23.5 Å². The summed E-state index contributed by atoms with van der Waals surface area (Å²) in [5.41, 5.74) is 0.0201. The Kier molecular flexibility index (Phi) is 8.49. The monoisotopic (exact) mass is 606 g/mol. The van der Waals surface area contributed by atoms with Crippen LogP contribution >= 0.6 is 11.6 Å². The van der Waals surface area contributed by atoms with Gasteiger partial charge < -0.3 is 13.9 Å². The Bertz CT molecular complexity index is 1480. The summed E-state index contributed by atoms with van der Waals surface area (Å²) in [4.78, 5) is 24.1. The maximum atomic E-state index is 13.7. The molecule has 42 heavy (non-hydrogen) atoms. The van der Waals surface area contributed by atoms with E-state index < -0.39 is 26.1 Å². The lowest BCUT2D eigenvalue weighted by Crippen LogP contribution is -2.68. The van der Waals surface area contributed by atoms with E-state index in [4.69, 9.17) is 25.5 Å². The zero-order valence-corrected chi connectivity index (χ0v) is 26.8. The molecule has 0 N–H and O–H groups in total. The average molecular weight is 607 g/mol. The van der Waals surface area contributed by atoms with Crippen LogP contribution in [0.15, 0.2) is 79.3 Å². The van der Waals surface area contributed by atoms with Crippen molar-refractivity contribution in [1.29, 1.82) is 0 Å². The molecule has 4 aromatic rings. The van der Waals surface area contributed by atoms with E-state index in [2.05, 4.69) is 79.3 Å². The minimum absolute atomic E-state index is 0.202. The number of nitrogens with zero attached hydrogens (tertiary/aromatic N) is 4. The number of halogens is 1. The Morgan fingerprint density at radius 3 is 2.19 bits per heavy atom. The fourth-order valence-corrected chi connectivity index (χ4v) is 10.5. The van der Waals surface area contributed by atoms with Gasteiger partial charge in [0.15, 0.2) is 5.15 Å². The topological polar surface area (TPSA) is 78.2 Å². The van der Waals surface area contributed by atoms with E-state index in [9.17, 15) is 4.79 Å². The normalized spacial score (nSPS) is 18.3. The number of rotatable bonds is 6. The molecule has 5 rings (SSSR count). The van der Waals surface area contributed by atoms with Crippen LogP contribution in [0.25, 0.3) is 5.52 Å². The van der Waals surface area contributed by atoms with Crippen LogP contribution in [-0.4, -0.2) is 65.1 Å². The van der Waals surface area contributed by atoms with Crippen molar-refractivity contribution in [3.8, 4) is 0 Å². The SMILES string of the molecule is CC(C)(C)OC(=O)N1C[C@@H](c2ncc3c(Cl)nccn23)OC[C@H]1CO[Si](c1ccccc1)(c1ccccc1)C(C)(C)C. The number of aromatic nitrogens is 3. The number of morpholine rings is 1. The predicted octanol–water partition coefficient (Wildman–Crippen LogP) is 5.64. The van der Waals surface area contributed by atoms with Crippen LogP contribution in [-0.2, 0) is 13.9 Å². The van der Waals surface area contributed by atoms with Gasteiger partial charge in [-0.25, -0.2) is 14.8 Å². The van der Waals surface area contributed by atoms with Crippen LogP contribution in [0.2, 0.25) is 10.2 Å². The number of ether oxygens (including phenoxy) is 2. The van der Waals surface area contributed by atoms with Crippen LogP contribution in [0.4, 0.5) is 4.79 Å². The van der Waals surface area contributed by atoms with Crippen LogP contribution in [0, 0.1) is 0 Å². The molecule has 2 aromatic carbocycles. The van der Waals surface area contributed by atoms with Gasteiger partial charge in [0.05, 0.1) is 32.0 Å². The number of benzene rings is 2. The van der Waals surface area contributed by atoms with Gasteiger partial charge in [0.1, 0.15) is 23.0 Å². The quantitative estimate of drug-likeness (QED) is 0.265. The highest BCUT2D eigenvalue weighted by Crippen LogP contribution is 2.37. The Balaban J connectivity index is 1.49. The number of fused-ring (bicyclic) bond motifs is 1. The molecule has 2 aromatic heterocycles. The average Bonchev–Trinajstić information content (AvgIpc) is 3.38. The van der Waals surface area contributed by atoms with Gasteiger partial charge in [0.2, 0.25) is 0 Å². The lowest BCUT2D eigenvalue weighted by molar-refractivity contribution is -0.0830. The van der Waals surface area contributed by atoms with Crippen molar-refractivity contribution in [3.63, 3.8) is 0 Å². The molecular formula is C32H39ClN4O4Si. The first-order valence-corrected chi connectivity index (χ1v) is 16.5. The molecule has 1 saturated heterocycles. The molecule has 0 spiro atoms. The van der Waals surface area contributed by atoms with Gasteiger partial charge in [-0.1, -0.05) is 93.0 Å². The molecule has 0 saturated carbocycles. The molecule has 0 radical (unpaired) electrons. The largest absolute Gasteiger partial charge is 0.444 e. The second-order valence-corrected chi connectivity index (χ2v) is 17.3. The van der Waals surface area contributed by atoms with Crippen LogP contribution in [0.3, 0.4) is 0 Å². The second-order valence-electron chi connectivity index (χ2n) is 12.7. The highest BCUT2D eigenvalue weighted by atomic mass is 35.5. The minimum Gasteiger partial charge on any atom is -0.444 e. The first-order chi connectivity index (χ1) is 19.9. The number of carbonyl (C=O) groups is 1. The predicted molar refractivity (Wildman–Crippen MR) is 167 cm³/mol. The number of amides is 1. The fourth-order valence-electron chi connectivity index (χ4n) is 5.67. The Hall–Kier alpha value is -3.24. The smallest absolute Gasteiger partial charge is 0.410 e. The van der Waals surface area contributed by atoms with Crippen molar-refractivity contribution in [2.75, 3.05) is 19.8 Å². The first kappa shape index (κ1) is 30.2. The van der Waals surface area contributed by atoms with Gasteiger partial charge in [-0.3, -0.25) is 9.30 Å². The van der Waals surface area contributed by atoms with E-state index in [1.807, 2.05) is 37.3 Å².